The molecule has 1 heterocycles. The Morgan fingerprint density at radius 1 is 1.48 bits per heavy atom. The van der Waals surface area contributed by atoms with Gasteiger partial charge < -0.3 is 9.84 Å². The van der Waals surface area contributed by atoms with E-state index in [1.165, 1.54) is 0 Å². The first-order valence-corrected chi connectivity index (χ1v) is 6.83. The summed E-state index contributed by atoms with van der Waals surface area (Å²) >= 11 is 0. The van der Waals surface area contributed by atoms with Crippen LogP contribution in [0, 0.1) is 5.92 Å². The van der Waals surface area contributed by atoms with Crippen molar-refractivity contribution in [1.29, 1.82) is 0 Å². The van der Waals surface area contributed by atoms with Crippen molar-refractivity contribution in [3.8, 4) is 17.1 Å². The summed E-state index contributed by atoms with van der Waals surface area (Å²) < 4.78 is 6.96. The summed E-state index contributed by atoms with van der Waals surface area (Å²) in [5.74, 6) is 0.704. The molecule has 1 aromatic heterocycles. The second-order valence-corrected chi connectivity index (χ2v) is 5.15. The minimum atomic E-state index is -0.839. The predicted molar refractivity (Wildman–Crippen MR) is 73.8 cm³/mol. The van der Waals surface area contributed by atoms with Crippen LogP contribution in [0.2, 0.25) is 0 Å². The van der Waals surface area contributed by atoms with Crippen molar-refractivity contribution in [2.45, 2.75) is 25.3 Å². The van der Waals surface area contributed by atoms with Gasteiger partial charge in [-0.3, -0.25) is 4.79 Å². The monoisotopic (exact) mass is 288 g/mol. The molecule has 3 rings (SSSR count). The Balaban J connectivity index is 2.01. The van der Waals surface area contributed by atoms with Crippen LogP contribution in [-0.2, 0) is 4.79 Å². The molecular formula is C14H16N4O3. The normalized spacial score (nSPS) is 15.7. The van der Waals surface area contributed by atoms with Gasteiger partial charge in [0.25, 0.3) is 0 Å². The van der Waals surface area contributed by atoms with Gasteiger partial charge in [-0.25, -0.2) is 4.68 Å². The second-order valence-electron chi connectivity index (χ2n) is 5.15. The molecular weight excluding hydrogens is 272 g/mol. The fraction of sp³-hybridized carbons (Fsp3) is 0.429. The molecule has 0 aliphatic heterocycles. The highest BCUT2D eigenvalue weighted by Crippen LogP contribution is 2.43. The Morgan fingerprint density at radius 3 is 2.90 bits per heavy atom. The third-order valence-corrected chi connectivity index (χ3v) is 3.70. The number of carboxylic acid groups (broad SMARTS) is 1. The van der Waals surface area contributed by atoms with Crippen LogP contribution in [0.3, 0.4) is 0 Å². The number of ether oxygens (including phenoxy) is 1. The average Bonchev–Trinajstić information content (AvgIpc) is 3.21. The van der Waals surface area contributed by atoms with Gasteiger partial charge >= 0.3 is 5.97 Å². The standard InChI is InChI=1S/C14H16N4O3/c1-21-12-5-3-2-4-10(12)14-15-16-17-18(14)11(8-13(19)20)9-6-7-9/h2-5,9,11H,6-8H2,1H3,(H,19,20). The number of carbonyl (C=O) groups is 1. The number of aromatic nitrogens is 4. The van der Waals surface area contributed by atoms with Crippen LogP contribution in [-0.4, -0.2) is 38.4 Å². The number of tetrazole rings is 1. The van der Waals surface area contributed by atoms with E-state index in [-0.39, 0.29) is 12.5 Å². The summed E-state index contributed by atoms with van der Waals surface area (Å²) in [6.07, 6.45) is 2.06. The van der Waals surface area contributed by atoms with Crippen LogP contribution in [0.15, 0.2) is 24.3 Å². The van der Waals surface area contributed by atoms with Crippen molar-refractivity contribution < 1.29 is 14.6 Å². The highest BCUT2D eigenvalue weighted by molar-refractivity contribution is 5.68. The third kappa shape index (κ3) is 2.72. The van der Waals surface area contributed by atoms with E-state index >= 15 is 0 Å². The Bertz CT molecular complexity index is 651. The summed E-state index contributed by atoms with van der Waals surface area (Å²) in [7, 11) is 1.59. The maximum Gasteiger partial charge on any atom is 0.305 e. The van der Waals surface area contributed by atoms with Crippen molar-refractivity contribution in [2.75, 3.05) is 7.11 Å². The Hall–Kier alpha value is -2.44. The van der Waals surface area contributed by atoms with Crippen molar-refractivity contribution in [2.24, 2.45) is 5.92 Å². The fourth-order valence-corrected chi connectivity index (χ4v) is 2.54. The molecule has 1 aromatic carbocycles. The molecule has 1 unspecified atom stereocenters. The molecule has 0 amide bonds. The van der Waals surface area contributed by atoms with E-state index in [0.29, 0.717) is 17.5 Å². The number of para-hydroxylation sites is 1. The second kappa shape index (κ2) is 5.51. The molecule has 0 saturated heterocycles. The zero-order valence-electron chi connectivity index (χ0n) is 11.6. The summed E-state index contributed by atoms with van der Waals surface area (Å²) in [4.78, 5) is 11.1. The Kier molecular flexibility index (Phi) is 3.55. The molecule has 1 aliphatic rings. The van der Waals surface area contributed by atoms with Crippen LogP contribution in [0.5, 0.6) is 5.75 Å². The number of hydrogen-bond donors (Lipinski definition) is 1. The van der Waals surface area contributed by atoms with E-state index in [4.69, 9.17) is 9.84 Å². The molecule has 0 radical (unpaired) electrons. The zero-order valence-corrected chi connectivity index (χ0v) is 11.6. The lowest BCUT2D eigenvalue weighted by atomic mass is 10.1. The Morgan fingerprint density at radius 2 is 2.24 bits per heavy atom. The Labute approximate surface area is 121 Å². The minimum Gasteiger partial charge on any atom is -0.496 e. The van der Waals surface area contributed by atoms with Gasteiger partial charge in [0.15, 0.2) is 5.82 Å². The van der Waals surface area contributed by atoms with E-state index in [1.807, 2.05) is 24.3 Å². The van der Waals surface area contributed by atoms with E-state index in [2.05, 4.69) is 15.5 Å². The van der Waals surface area contributed by atoms with Gasteiger partial charge in [-0.05, 0) is 41.3 Å². The molecule has 21 heavy (non-hydrogen) atoms. The lowest BCUT2D eigenvalue weighted by Crippen LogP contribution is -2.18. The highest BCUT2D eigenvalue weighted by Gasteiger charge is 2.36. The van der Waals surface area contributed by atoms with Crippen LogP contribution in [0.4, 0.5) is 0 Å². The van der Waals surface area contributed by atoms with Crippen molar-refractivity contribution in [3.05, 3.63) is 24.3 Å². The number of rotatable bonds is 6. The van der Waals surface area contributed by atoms with Crippen LogP contribution in [0.1, 0.15) is 25.3 Å². The molecule has 7 nitrogen and oxygen atoms in total. The van der Waals surface area contributed by atoms with Gasteiger partial charge in [-0.15, -0.1) is 5.10 Å². The largest absolute Gasteiger partial charge is 0.496 e. The molecule has 110 valence electrons. The smallest absolute Gasteiger partial charge is 0.305 e. The molecule has 2 aromatic rings. The van der Waals surface area contributed by atoms with E-state index in [0.717, 1.165) is 18.4 Å². The fourth-order valence-electron chi connectivity index (χ4n) is 2.54. The number of nitrogens with zero attached hydrogens (tertiary/aromatic N) is 4. The lowest BCUT2D eigenvalue weighted by Gasteiger charge is -2.16. The molecule has 1 N–H and O–H groups in total. The molecule has 1 atom stereocenters. The van der Waals surface area contributed by atoms with E-state index < -0.39 is 5.97 Å². The summed E-state index contributed by atoms with van der Waals surface area (Å²) in [6.45, 7) is 0. The minimum absolute atomic E-state index is 0.0257. The molecule has 0 bridgehead atoms. The SMILES string of the molecule is COc1ccccc1-c1nnnn1C(CC(=O)O)C1CC1. The van der Waals surface area contributed by atoms with Gasteiger partial charge in [0, 0.05) is 0 Å². The molecule has 1 fully saturated rings. The molecule has 0 spiro atoms. The van der Waals surface area contributed by atoms with Gasteiger partial charge in [-0.2, -0.15) is 0 Å². The molecule has 7 heteroatoms. The van der Waals surface area contributed by atoms with Gasteiger partial charge in [0.1, 0.15) is 5.75 Å². The summed E-state index contributed by atoms with van der Waals surface area (Å²) in [5, 5.41) is 20.9. The van der Waals surface area contributed by atoms with E-state index in [1.54, 1.807) is 11.8 Å². The summed E-state index contributed by atoms with van der Waals surface area (Å²) in [5.41, 5.74) is 0.765. The first kappa shape index (κ1) is 13.5. The number of carboxylic acids is 1. The number of methoxy groups -OCH3 is 1. The van der Waals surface area contributed by atoms with Crippen LogP contribution < -0.4 is 4.74 Å². The average molecular weight is 288 g/mol. The zero-order chi connectivity index (χ0) is 14.8. The summed E-state index contributed by atoms with van der Waals surface area (Å²) in [6, 6.07) is 7.23. The maximum atomic E-state index is 11.1. The highest BCUT2D eigenvalue weighted by atomic mass is 16.5. The van der Waals surface area contributed by atoms with Crippen molar-refractivity contribution in [1.82, 2.24) is 20.2 Å². The molecule has 1 saturated carbocycles. The third-order valence-electron chi connectivity index (χ3n) is 3.70. The van der Waals surface area contributed by atoms with Gasteiger partial charge in [0.05, 0.1) is 25.1 Å². The number of aliphatic carboxylic acids is 1. The topological polar surface area (TPSA) is 90.1 Å². The lowest BCUT2D eigenvalue weighted by molar-refractivity contribution is -0.138. The van der Waals surface area contributed by atoms with Gasteiger partial charge in [0.2, 0.25) is 0 Å². The van der Waals surface area contributed by atoms with Crippen LogP contribution in [0.25, 0.3) is 11.4 Å². The quantitative estimate of drug-likeness (QED) is 0.871. The van der Waals surface area contributed by atoms with Crippen molar-refractivity contribution >= 4 is 5.97 Å². The first-order chi connectivity index (χ1) is 10.2. The number of benzene rings is 1. The first-order valence-electron chi connectivity index (χ1n) is 6.83. The predicted octanol–water partition coefficient (Wildman–Crippen LogP) is 1.77. The number of hydrogen-bond acceptors (Lipinski definition) is 5. The van der Waals surface area contributed by atoms with Crippen molar-refractivity contribution in [3.63, 3.8) is 0 Å². The van der Waals surface area contributed by atoms with Crippen LogP contribution >= 0.6 is 0 Å². The maximum absolute atomic E-state index is 11.1. The molecule has 1 aliphatic carbocycles. The van der Waals surface area contributed by atoms with E-state index in [9.17, 15) is 4.79 Å². The van der Waals surface area contributed by atoms with Gasteiger partial charge in [-0.1, -0.05) is 12.1 Å².